The second kappa shape index (κ2) is 5.14. The van der Waals surface area contributed by atoms with Crippen molar-refractivity contribution in [3.63, 3.8) is 0 Å². The van der Waals surface area contributed by atoms with E-state index in [2.05, 4.69) is 5.32 Å². The minimum atomic E-state index is -0.0993. The van der Waals surface area contributed by atoms with Crippen LogP contribution in [0.5, 0.6) is 0 Å². The van der Waals surface area contributed by atoms with Gasteiger partial charge in [-0.2, -0.15) is 0 Å². The van der Waals surface area contributed by atoms with E-state index in [-0.39, 0.29) is 23.8 Å². The molecule has 19 heavy (non-hydrogen) atoms. The summed E-state index contributed by atoms with van der Waals surface area (Å²) in [6.45, 7) is 0. The lowest BCUT2D eigenvalue weighted by molar-refractivity contribution is -0.148. The summed E-state index contributed by atoms with van der Waals surface area (Å²) in [5, 5.41) is 4.27. The third-order valence-corrected chi connectivity index (χ3v) is 4.70. The van der Waals surface area contributed by atoms with Gasteiger partial charge in [0.2, 0.25) is 0 Å². The third kappa shape index (κ3) is 2.37. The zero-order chi connectivity index (χ0) is 13.4. The zero-order valence-corrected chi connectivity index (χ0v) is 11.7. The molecule has 102 valence electrons. The van der Waals surface area contributed by atoms with Crippen molar-refractivity contribution in [3.8, 4) is 0 Å². The van der Waals surface area contributed by atoms with Gasteiger partial charge in [0.1, 0.15) is 0 Å². The van der Waals surface area contributed by atoms with Crippen molar-refractivity contribution >= 4 is 17.6 Å². The number of carbonyl (C=O) groups excluding carboxylic acids is 1. The topological polar surface area (TPSA) is 38.3 Å². The number of hydrogen-bond acceptors (Lipinski definition) is 3. The summed E-state index contributed by atoms with van der Waals surface area (Å²) in [6, 6.07) is 8.66. The minimum Gasteiger partial charge on any atom is -0.469 e. The van der Waals surface area contributed by atoms with Crippen LogP contribution >= 0.6 is 11.6 Å². The molecule has 0 aromatic heterocycles. The predicted octanol–water partition coefficient (Wildman–Crippen LogP) is 2.74. The molecule has 2 aliphatic rings. The highest BCUT2D eigenvalue weighted by Crippen LogP contribution is 2.42. The highest BCUT2D eigenvalue weighted by Gasteiger charge is 2.46. The van der Waals surface area contributed by atoms with Crippen molar-refractivity contribution in [2.24, 2.45) is 5.92 Å². The first kappa shape index (κ1) is 12.9. The monoisotopic (exact) mass is 279 g/mol. The number of nitrogens with one attached hydrogen (secondary N) is 1. The molecule has 0 aliphatic carbocycles. The van der Waals surface area contributed by atoms with Crippen LogP contribution < -0.4 is 5.32 Å². The molecule has 4 heteroatoms. The van der Waals surface area contributed by atoms with Crippen LogP contribution in [0.4, 0.5) is 0 Å². The molecule has 2 heterocycles. The molecule has 3 rings (SSSR count). The average molecular weight is 280 g/mol. The lowest BCUT2D eigenvalue weighted by atomic mass is 9.77. The molecule has 2 bridgehead atoms. The van der Waals surface area contributed by atoms with Gasteiger partial charge in [-0.25, -0.2) is 0 Å². The van der Waals surface area contributed by atoms with Crippen LogP contribution in [0.15, 0.2) is 24.3 Å². The van der Waals surface area contributed by atoms with Crippen molar-refractivity contribution in [3.05, 3.63) is 34.9 Å². The van der Waals surface area contributed by atoms with E-state index in [0.717, 1.165) is 24.3 Å². The van der Waals surface area contributed by atoms with Crippen LogP contribution in [0.3, 0.4) is 0 Å². The fraction of sp³-hybridized carbons (Fsp3) is 0.533. The molecule has 0 spiro atoms. The van der Waals surface area contributed by atoms with E-state index in [1.54, 1.807) is 0 Å². The molecule has 0 amide bonds. The number of hydrogen-bond donors (Lipinski definition) is 1. The van der Waals surface area contributed by atoms with Crippen LogP contribution in [-0.2, 0) is 9.53 Å². The minimum absolute atomic E-state index is 0.0788. The predicted molar refractivity (Wildman–Crippen MR) is 74.3 cm³/mol. The molecule has 4 atom stereocenters. The number of halogens is 1. The smallest absolute Gasteiger partial charge is 0.310 e. The maximum absolute atomic E-state index is 12.1. The standard InChI is InChI=1S/C15H18ClNO2/c1-19-15(18)14-12(8-11-6-7-13(14)17-11)9-2-4-10(16)5-3-9/h2-5,11-14,17H,6-8H2,1H3/t11-,12+,13+,14-/m1/s1. The van der Waals surface area contributed by atoms with Crippen LogP contribution in [-0.4, -0.2) is 25.2 Å². The first-order valence-corrected chi connectivity index (χ1v) is 7.16. The molecule has 0 saturated carbocycles. The van der Waals surface area contributed by atoms with Crippen molar-refractivity contribution in [1.29, 1.82) is 0 Å². The van der Waals surface area contributed by atoms with Crippen LogP contribution in [0, 0.1) is 5.92 Å². The van der Waals surface area contributed by atoms with E-state index in [4.69, 9.17) is 16.3 Å². The summed E-state index contributed by atoms with van der Waals surface area (Å²) < 4.78 is 5.01. The number of fused-ring (bicyclic) bond motifs is 2. The Morgan fingerprint density at radius 2 is 2.05 bits per heavy atom. The second-order valence-corrected chi connectivity index (χ2v) is 5.93. The number of piperidine rings is 1. The lowest BCUT2D eigenvalue weighted by Crippen LogP contribution is -2.48. The van der Waals surface area contributed by atoms with Crippen LogP contribution in [0.1, 0.15) is 30.7 Å². The number of rotatable bonds is 2. The Hall–Kier alpha value is -1.06. The summed E-state index contributed by atoms with van der Waals surface area (Å²) in [4.78, 5) is 12.1. The molecule has 0 radical (unpaired) electrons. The Morgan fingerprint density at radius 1 is 1.32 bits per heavy atom. The summed E-state index contributed by atoms with van der Waals surface area (Å²) in [6.07, 6.45) is 3.22. The van der Waals surface area contributed by atoms with Crippen molar-refractivity contribution in [2.45, 2.75) is 37.3 Å². The first-order chi connectivity index (χ1) is 9.19. The maximum atomic E-state index is 12.1. The van der Waals surface area contributed by atoms with Crippen molar-refractivity contribution in [2.75, 3.05) is 7.11 Å². The molecular formula is C15H18ClNO2. The number of carbonyl (C=O) groups is 1. The van der Waals surface area contributed by atoms with Gasteiger partial charge in [0.05, 0.1) is 13.0 Å². The Balaban J connectivity index is 1.92. The normalized spacial score (nSPS) is 33.2. The second-order valence-electron chi connectivity index (χ2n) is 5.49. The van der Waals surface area contributed by atoms with E-state index in [0.29, 0.717) is 6.04 Å². The SMILES string of the molecule is COC(=O)[C@H]1[C@@H]2CC[C@H](C[C@H]1c1ccc(Cl)cc1)N2. The van der Waals surface area contributed by atoms with E-state index >= 15 is 0 Å². The van der Waals surface area contributed by atoms with Crippen LogP contribution in [0.2, 0.25) is 5.02 Å². The van der Waals surface area contributed by atoms with Gasteiger partial charge >= 0.3 is 5.97 Å². The Labute approximate surface area is 118 Å². The van der Waals surface area contributed by atoms with Gasteiger partial charge in [0.15, 0.2) is 0 Å². The summed E-state index contributed by atoms with van der Waals surface area (Å²) in [5.74, 6) is 0.0613. The van der Waals surface area contributed by atoms with Gasteiger partial charge in [-0.1, -0.05) is 23.7 Å². The van der Waals surface area contributed by atoms with E-state index in [1.807, 2.05) is 24.3 Å². The van der Waals surface area contributed by atoms with Gasteiger partial charge in [-0.05, 0) is 37.0 Å². The molecule has 1 N–H and O–H groups in total. The number of esters is 1. The summed E-state index contributed by atoms with van der Waals surface area (Å²) >= 11 is 5.94. The van der Waals surface area contributed by atoms with Gasteiger partial charge < -0.3 is 10.1 Å². The Morgan fingerprint density at radius 3 is 2.74 bits per heavy atom. The number of benzene rings is 1. The average Bonchev–Trinajstić information content (AvgIpc) is 2.80. The highest BCUT2D eigenvalue weighted by molar-refractivity contribution is 6.30. The quantitative estimate of drug-likeness (QED) is 0.846. The molecule has 0 unspecified atom stereocenters. The van der Waals surface area contributed by atoms with Crippen molar-refractivity contribution < 1.29 is 9.53 Å². The Kier molecular flexibility index (Phi) is 3.50. The first-order valence-electron chi connectivity index (χ1n) is 6.78. The van der Waals surface area contributed by atoms with Gasteiger partial charge in [0, 0.05) is 23.0 Å². The maximum Gasteiger partial charge on any atom is 0.310 e. The van der Waals surface area contributed by atoms with E-state index in [9.17, 15) is 4.79 Å². The third-order valence-electron chi connectivity index (χ3n) is 4.45. The molecule has 3 nitrogen and oxygen atoms in total. The van der Waals surface area contributed by atoms with Gasteiger partial charge in [-0.15, -0.1) is 0 Å². The van der Waals surface area contributed by atoms with E-state index in [1.165, 1.54) is 12.7 Å². The zero-order valence-electron chi connectivity index (χ0n) is 10.9. The fourth-order valence-corrected chi connectivity index (χ4v) is 3.70. The molecule has 2 saturated heterocycles. The summed E-state index contributed by atoms with van der Waals surface area (Å²) in [7, 11) is 1.47. The van der Waals surface area contributed by atoms with Crippen molar-refractivity contribution in [1.82, 2.24) is 5.32 Å². The number of ether oxygens (including phenoxy) is 1. The summed E-state index contributed by atoms with van der Waals surface area (Å²) in [5.41, 5.74) is 1.19. The molecule has 2 aliphatic heterocycles. The van der Waals surface area contributed by atoms with E-state index < -0.39 is 0 Å². The molecule has 2 fully saturated rings. The molecular weight excluding hydrogens is 262 g/mol. The van der Waals surface area contributed by atoms with Gasteiger partial charge in [-0.3, -0.25) is 4.79 Å². The number of methoxy groups -OCH3 is 1. The largest absolute Gasteiger partial charge is 0.469 e. The highest BCUT2D eigenvalue weighted by atomic mass is 35.5. The fourth-order valence-electron chi connectivity index (χ4n) is 3.57. The van der Waals surface area contributed by atoms with Crippen LogP contribution in [0.25, 0.3) is 0 Å². The van der Waals surface area contributed by atoms with Gasteiger partial charge in [0.25, 0.3) is 0 Å². The lowest BCUT2D eigenvalue weighted by Gasteiger charge is -2.36. The molecule has 1 aromatic rings. The Bertz CT molecular complexity index is 474. The molecule has 1 aromatic carbocycles.